The predicted molar refractivity (Wildman–Crippen MR) is 145 cm³/mol. The molecule has 9 nitrogen and oxygen atoms in total. The summed E-state index contributed by atoms with van der Waals surface area (Å²) < 4.78 is 10.9. The molecule has 9 heteroatoms. The number of carbonyl (C=O) groups is 3. The van der Waals surface area contributed by atoms with Gasteiger partial charge in [0, 0.05) is 70.4 Å². The molecule has 0 saturated carbocycles. The van der Waals surface area contributed by atoms with E-state index in [4.69, 9.17) is 9.47 Å². The molecule has 1 atom stereocenters. The topological polar surface area (TPSA) is 82.6 Å². The summed E-state index contributed by atoms with van der Waals surface area (Å²) in [5.41, 5.74) is 3.17. The summed E-state index contributed by atoms with van der Waals surface area (Å²) in [5.74, 6) is 1.50. The number of anilines is 1. The van der Waals surface area contributed by atoms with Gasteiger partial charge in [-0.1, -0.05) is 23.8 Å². The Morgan fingerprint density at radius 3 is 2.23 bits per heavy atom. The molecule has 1 unspecified atom stereocenters. The van der Waals surface area contributed by atoms with Gasteiger partial charge in [-0.15, -0.1) is 0 Å². The lowest BCUT2D eigenvalue weighted by Gasteiger charge is -2.39. The number of piperazine rings is 1. The summed E-state index contributed by atoms with van der Waals surface area (Å²) in [7, 11) is 0. The van der Waals surface area contributed by atoms with Crippen LogP contribution in [-0.2, 0) is 20.9 Å². The summed E-state index contributed by atoms with van der Waals surface area (Å²) in [6, 6.07) is 13.9. The largest absolute Gasteiger partial charge is 0.454 e. The summed E-state index contributed by atoms with van der Waals surface area (Å²) in [6.07, 6.45) is 1.62. The van der Waals surface area contributed by atoms with Crippen molar-refractivity contribution in [1.82, 2.24) is 14.7 Å². The van der Waals surface area contributed by atoms with E-state index in [-0.39, 0.29) is 42.8 Å². The van der Waals surface area contributed by atoms with Crippen LogP contribution < -0.4 is 14.4 Å². The van der Waals surface area contributed by atoms with Gasteiger partial charge in [0.15, 0.2) is 11.5 Å². The summed E-state index contributed by atoms with van der Waals surface area (Å²) in [4.78, 5) is 47.1. The molecule has 2 aromatic rings. The van der Waals surface area contributed by atoms with Gasteiger partial charge in [-0.2, -0.15) is 0 Å². The van der Waals surface area contributed by atoms with Crippen molar-refractivity contribution in [2.75, 3.05) is 57.5 Å². The predicted octanol–water partition coefficient (Wildman–Crippen LogP) is 2.66. The molecular formula is C30H36N4O5. The quantitative estimate of drug-likeness (QED) is 0.589. The molecule has 0 aliphatic carbocycles. The van der Waals surface area contributed by atoms with Crippen molar-refractivity contribution < 1.29 is 23.9 Å². The highest BCUT2D eigenvalue weighted by Gasteiger charge is 2.39. The molecule has 4 heterocycles. The minimum Gasteiger partial charge on any atom is -0.454 e. The smallest absolute Gasteiger partial charge is 0.231 e. The Morgan fingerprint density at radius 1 is 0.821 bits per heavy atom. The number of amides is 3. The van der Waals surface area contributed by atoms with E-state index in [9.17, 15) is 14.4 Å². The number of likely N-dealkylation sites (tertiary alicyclic amines) is 1. The monoisotopic (exact) mass is 532 g/mol. The Bertz CT molecular complexity index is 1230. The van der Waals surface area contributed by atoms with Crippen LogP contribution in [0, 0.1) is 18.8 Å². The van der Waals surface area contributed by atoms with Crippen LogP contribution in [0.5, 0.6) is 11.5 Å². The number of fused-ring (bicyclic) bond motifs is 1. The van der Waals surface area contributed by atoms with Crippen LogP contribution in [0.4, 0.5) is 5.69 Å². The third-order valence-corrected chi connectivity index (χ3v) is 8.50. The molecule has 4 aliphatic heterocycles. The molecule has 0 N–H and O–H groups in total. The molecule has 0 spiro atoms. The first-order chi connectivity index (χ1) is 18.9. The van der Waals surface area contributed by atoms with Crippen LogP contribution in [-0.4, -0.2) is 85.0 Å². The normalized spacial score (nSPS) is 22.0. The van der Waals surface area contributed by atoms with E-state index in [0.717, 1.165) is 55.5 Å². The highest BCUT2D eigenvalue weighted by Crippen LogP contribution is 2.33. The summed E-state index contributed by atoms with van der Waals surface area (Å²) in [6.45, 7) is 7.82. The van der Waals surface area contributed by atoms with Gasteiger partial charge >= 0.3 is 0 Å². The van der Waals surface area contributed by atoms with Crippen LogP contribution >= 0.6 is 0 Å². The average Bonchev–Trinajstić information content (AvgIpc) is 3.59. The first-order valence-electron chi connectivity index (χ1n) is 14.0. The molecule has 206 valence electrons. The van der Waals surface area contributed by atoms with Gasteiger partial charge in [-0.05, 0) is 49.6 Å². The number of nitrogens with zero attached hydrogens (tertiary/aromatic N) is 4. The second-order valence-corrected chi connectivity index (χ2v) is 11.1. The minimum atomic E-state index is -0.316. The Labute approximate surface area is 229 Å². The van der Waals surface area contributed by atoms with E-state index in [1.807, 2.05) is 53.1 Å². The van der Waals surface area contributed by atoms with E-state index in [1.54, 1.807) is 4.90 Å². The molecule has 0 aromatic heterocycles. The van der Waals surface area contributed by atoms with Crippen molar-refractivity contribution in [3.8, 4) is 11.5 Å². The fraction of sp³-hybridized carbons (Fsp3) is 0.500. The van der Waals surface area contributed by atoms with Gasteiger partial charge in [-0.25, -0.2) is 0 Å². The summed E-state index contributed by atoms with van der Waals surface area (Å²) >= 11 is 0. The van der Waals surface area contributed by atoms with Gasteiger partial charge in [0.05, 0.1) is 5.92 Å². The lowest BCUT2D eigenvalue weighted by Crippen LogP contribution is -2.52. The zero-order chi connectivity index (χ0) is 26.9. The molecule has 0 radical (unpaired) electrons. The number of aryl methyl sites for hydroxylation is 1. The van der Waals surface area contributed by atoms with Gasteiger partial charge in [-0.3, -0.25) is 19.3 Å². The van der Waals surface area contributed by atoms with Crippen molar-refractivity contribution in [2.24, 2.45) is 11.8 Å². The molecule has 4 aliphatic rings. The molecule has 0 bridgehead atoms. The number of ether oxygens (including phenoxy) is 2. The van der Waals surface area contributed by atoms with Gasteiger partial charge in [0.25, 0.3) is 0 Å². The molecule has 3 amide bonds. The van der Waals surface area contributed by atoms with E-state index in [2.05, 4.69) is 11.0 Å². The SMILES string of the molecule is Cc1ccc(N2CC(C(=O)N3CCC(C(=O)N4CCN(Cc5ccc6c(c5)OCO6)CC4)CC3)CC2=O)cc1. The molecular weight excluding hydrogens is 496 g/mol. The fourth-order valence-corrected chi connectivity index (χ4v) is 6.13. The zero-order valence-corrected chi connectivity index (χ0v) is 22.5. The zero-order valence-electron chi connectivity index (χ0n) is 22.5. The lowest BCUT2D eigenvalue weighted by molar-refractivity contribution is -0.143. The van der Waals surface area contributed by atoms with Crippen LogP contribution in [0.3, 0.4) is 0 Å². The van der Waals surface area contributed by atoms with Gasteiger partial charge in [0.1, 0.15) is 0 Å². The number of piperidine rings is 1. The Kier molecular flexibility index (Phi) is 7.16. The number of carbonyl (C=O) groups excluding carboxylic acids is 3. The maximum Gasteiger partial charge on any atom is 0.231 e. The second kappa shape index (κ2) is 10.9. The van der Waals surface area contributed by atoms with E-state index < -0.39 is 0 Å². The first-order valence-corrected chi connectivity index (χ1v) is 14.0. The number of benzene rings is 2. The number of rotatable bonds is 5. The highest BCUT2D eigenvalue weighted by atomic mass is 16.7. The third kappa shape index (κ3) is 5.45. The first kappa shape index (κ1) is 25.7. The van der Waals surface area contributed by atoms with Gasteiger partial charge in [0.2, 0.25) is 24.5 Å². The standard InChI is InChI=1S/C30H36N4O5/c1-21-2-5-25(6-3-21)34-19-24(17-28(34)35)30(37)32-10-8-23(9-11-32)29(36)33-14-12-31(13-15-33)18-22-4-7-26-27(16-22)39-20-38-26/h2-7,16,23-24H,8-15,17-20H2,1H3. The molecule has 6 rings (SSSR count). The van der Waals surface area contributed by atoms with Crippen LogP contribution in [0.1, 0.15) is 30.4 Å². The third-order valence-electron chi connectivity index (χ3n) is 8.50. The van der Waals surface area contributed by atoms with E-state index in [1.165, 1.54) is 5.56 Å². The molecule has 3 fully saturated rings. The van der Waals surface area contributed by atoms with Crippen LogP contribution in [0.25, 0.3) is 0 Å². The van der Waals surface area contributed by atoms with E-state index >= 15 is 0 Å². The molecule has 39 heavy (non-hydrogen) atoms. The second-order valence-electron chi connectivity index (χ2n) is 11.1. The molecule has 3 saturated heterocycles. The van der Waals surface area contributed by atoms with Crippen molar-refractivity contribution >= 4 is 23.4 Å². The van der Waals surface area contributed by atoms with Crippen molar-refractivity contribution in [3.63, 3.8) is 0 Å². The summed E-state index contributed by atoms with van der Waals surface area (Å²) in [5, 5.41) is 0. The molecule has 2 aromatic carbocycles. The van der Waals surface area contributed by atoms with Crippen LogP contribution in [0.15, 0.2) is 42.5 Å². The average molecular weight is 533 g/mol. The Balaban J connectivity index is 0.955. The van der Waals surface area contributed by atoms with Crippen LogP contribution in [0.2, 0.25) is 0 Å². The minimum absolute atomic E-state index is 0.0000621. The Hall–Kier alpha value is -3.59. The van der Waals surface area contributed by atoms with Gasteiger partial charge < -0.3 is 24.2 Å². The number of hydrogen-bond donors (Lipinski definition) is 0. The maximum absolute atomic E-state index is 13.3. The van der Waals surface area contributed by atoms with Crippen molar-refractivity contribution in [2.45, 2.75) is 32.7 Å². The maximum atomic E-state index is 13.3. The fourth-order valence-electron chi connectivity index (χ4n) is 6.13. The van der Waals surface area contributed by atoms with E-state index in [0.29, 0.717) is 32.5 Å². The van der Waals surface area contributed by atoms with Crippen molar-refractivity contribution in [1.29, 1.82) is 0 Å². The lowest BCUT2D eigenvalue weighted by atomic mass is 9.93. The van der Waals surface area contributed by atoms with Crippen molar-refractivity contribution in [3.05, 3.63) is 53.6 Å². The highest BCUT2D eigenvalue weighted by molar-refractivity contribution is 6.00. The number of hydrogen-bond acceptors (Lipinski definition) is 6. The Morgan fingerprint density at radius 2 is 1.49 bits per heavy atom.